The van der Waals surface area contributed by atoms with Gasteiger partial charge in [0.1, 0.15) is 5.82 Å². The van der Waals surface area contributed by atoms with Crippen LogP contribution in [0.3, 0.4) is 0 Å². The van der Waals surface area contributed by atoms with Crippen LogP contribution in [0.2, 0.25) is 0 Å². The fourth-order valence-electron chi connectivity index (χ4n) is 1.85. The van der Waals surface area contributed by atoms with Crippen LogP contribution in [-0.2, 0) is 12.3 Å². The van der Waals surface area contributed by atoms with Gasteiger partial charge in [0.05, 0.1) is 0 Å². The van der Waals surface area contributed by atoms with E-state index < -0.39 is 0 Å². The minimum absolute atomic E-state index is 0.166. The zero-order valence-corrected chi connectivity index (χ0v) is 12.1. The van der Waals surface area contributed by atoms with E-state index in [0.29, 0.717) is 12.3 Å². The van der Waals surface area contributed by atoms with Crippen LogP contribution in [0.5, 0.6) is 0 Å². The smallest absolute Gasteiger partial charge is 0.127 e. The van der Waals surface area contributed by atoms with E-state index in [4.69, 9.17) is 5.73 Å². The van der Waals surface area contributed by atoms with Gasteiger partial charge in [-0.2, -0.15) is 0 Å². The number of hydrogen-bond donors (Lipinski definition) is 1. The molecule has 1 nitrogen and oxygen atoms in total. The molecule has 0 fully saturated rings. The van der Waals surface area contributed by atoms with Crippen LogP contribution >= 0.6 is 11.8 Å². The van der Waals surface area contributed by atoms with Gasteiger partial charge in [-0.25, -0.2) is 4.39 Å². The summed E-state index contributed by atoms with van der Waals surface area (Å²) in [7, 11) is 0. The van der Waals surface area contributed by atoms with Gasteiger partial charge < -0.3 is 5.73 Å². The number of halogens is 1. The Kier molecular flexibility index (Phi) is 4.61. The van der Waals surface area contributed by atoms with Crippen LogP contribution in [0.15, 0.2) is 41.3 Å². The molecule has 0 atom stereocenters. The molecule has 2 N–H and O–H groups in total. The van der Waals surface area contributed by atoms with Gasteiger partial charge in [0.15, 0.2) is 0 Å². The molecule has 0 heterocycles. The molecule has 19 heavy (non-hydrogen) atoms. The molecule has 0 aliphatic rings. The average Bonchev–Trinajstić information content (AvgIpc) is 2.40. The molecule has 0 aliphatic heterocycles. The number of rotatable bonds is 4. The number of thioether (sulfide) groups is 1. The highest BCUT2D eigenvalue weighted by Gasteiger charge is 2.06. The van der Waals surface area contributed by atoms with Crippen molar-refractivity contribution in [2.75, 3.05) is 0 Å². The lowest BCUT2D eigenvalue weighted by atomic mass is 10.1. The monoisotopic (exact) mass is 275 g/mol. The van der Waals surface area contributed by atoms with Gasteiger partial charge in [-0.3, -0.25) is 0 Å². The summed E-state index contributed by atoms with van der Waals surface area (Å²) in [6, 6.07) is 11.6. The lowest BCUT2D eigenvalue weighted by Gasteiger charge is -2.08. The van der Waals surface area contributed by atoms with Gasteiger partial charge in [-0.05, 0) is 42.7 Å². The lowest BCUT2D eigenvalue weighted by Crippen LogP contribution is -1.98. The maximum Gasteiger partial charge on any atom is 0.127 e. The summed E-state index contributed by atoms with van der Waals surface area (Å²) in [6.07, 6.45) is 0. The third-order valence-electron chi connectivity index (χ3n) is 3.08. The number of hydrogen-bond acceptors (Lipinski definition) is 2. The highest BCUT2D eigenvalue weighted by Crippen LogP contribution is 2.28. The van der Waals surface area contributed by atoms with Crippen LogP contribution in [0.25, 0.3) is 0 Å². The molecule has 0 saturated carbocycles. The standard InChI is InChI=1S/C16H18FNS/c1-11-3-4-12(2)16(7-11)19-10-14-6-5-13(9-18)8-15(14)17/h3-8H,9-10,18H2,1-2H3. The van der Waals surface area contributed by atoms with Crippen LogP contribution < -0.4 is 5.73 Å². The Bertz CT molecular complexity index is 581. The fourth-order valence-corrected chi connectivity index (χ4v) is 2.96. The van der Waals surface area contributed by atoms with Crippen LogP contribution in [-0.4, -0.2) is 0 Å². The molecular weight excluding hydrogens is 257 g/mol. The van der Waals surface area contributed by atoms with E-state index >= 15 is 0 Å². The molecule has 0 spiro atoms. The van der Waals surface area contributed by atoms with E-state index in [9.17, 15) is 4.39 Å². The molecular formula is C16H18FNS. The highest BCUT2D eigenvalue weighted by molar-refractivity contribution is 7.98. The Morgan fingerprint density at radius 1 is 1.11 bits per heavy atom. The van der Waals surface area contributed by atoms with E-state index in [2.05, 4.69) is 32.0 Å². The molecule has 0 aliphatic carbocycles. The minimum atomic E-state index is -0.166. The predicted octanol–water partition coefficient (Wildman–Crippen LogP) is 4.19. The summed E-state index contributed by atoms with van der Waals surface area (Å²) in [6.45, 7) is 4.52. The molecule has 3 heteroatoms. The third-order valence-corrected chi connectivity index (χ3v) is 4.29. The van der Waals surface area contributed by atoms with Crippen LogP contribution in [0, 0.1) is 19.7 Å². The van der Waals surface area contributed by atoms with Crippen molar-refractivity contribution in [1.82, 2.24) is 0 Å². The van der Waals surface area contributed by atoms with Gasteiger partial charge in [0.2, 0.25) is 0 Å². The average molecular weight is 275 g/mol. The zero-order chi connectivity index (χ0) is 13.8. The second-order valence-electron chi connectivity index (χ2n) is 4.69. The van der Waals surface area contributed by atoms with Crippen molar-refractivity contribution in [3.05, 3.63) is 64.5 Å². The van der Waals surface area contributed by atoms with Crippen molar-refractivity contribution in [2.45, 2.75) is 31.0 Å². The van der Waals surface area contributed by atoms with E-state index in [1.165, 1.54) is 22.1 Å². The quantitative estimate of drug-likeness (QED) is 0.847. The number of benzene rings is 2. The van der Waals surface area contributed by atoms with Crippen molar-refractivity contribution >= 4 is 11.8 Å². The first kappa shape index (κ1) is 14.1. The number of aryl methyl sites for hydroxylation is 2. The molecule has 0 saturated heterocycles. The first-order valence-electron chi connectivity index (χ1n) is 6.27. The maximum atomic E-state index is 13.9. The second kappa shape index (κ2) is 6.22. The Balaban J connectivity index is 2.12. The topological polar surface area (TPSA) is 26.0 Å². The van der Waals surface area contributed by atoms with E-state index in [-0.39, 0.29) is 5.82 Å². The lowest BCUT2D eigenvalue weighted by molar-refractivity contribution is 0.615. The molecule has 2 aromatic carbocycles. The third kappa shape index (κ3) is 3.58. The van der Waals surface area contributed by atoms with Gasteiger partial charge in [0.25, 0.3) is 0 Å². The van der Waals surface area contributed by atoms with Crippen molar-refractivity contribution in [3.8, 4) is 0 Å². The molecule has 2 rings (SSSR count). The van der Waals surface area contributed by atoms with Crippen LogP contribution in [0.4, 0.5) is 4.39 Å². The molecule has 100 valence electrons. The van der Waals surface area contributed by atoms with E-state index in [0.717, 1.165) is 11.1 Å². The Labute approximate surface area is 118 Å². The van der Waals surface area contributed by atoms with Crippen molar-refractivity contribution in [3.63, 3.8) is 0 Å². The molecule has 0 radical (unpaired) electrons. The maximum absolute atomic E-state index is 13.9. The van der Waals surface area contributed by atoms with Crippen molar-refractivity contribution in [2.24, 2.45) is 5.73 Å². The normalized spacial score (nSPS) is 10.7. The van der Waals surface area contributed by atoms with Crippen LogP contribution in [0.1, 0.15) is 22.3 Å². The fraction of sp³-hybridized carbons (Fsp3) is 0.250. The van der Waals surface area contributed by atoms with E-state index in [1.807, 2.05) is 12.1 Å². The van der Waals surface area contributed by atoms with Gasteiger partial charge in [-0.15, -0.1) is 11.8 Å². The van der Waals surface area contributed by atoms with Gasteiger partial charge in [0, 0.05) is 17.2 Å². The summed E-state index contributed by atoms with van der Waals surface area (Å²) >= 11 is 1.67. The summed E-state index contributed by atoms with van der Waals surface area (Å²) in [5, 5.41) is 0. The van der Waals surface area contributed by atoms with Gasteiger partial charge >= 0.3 is 0 Å². The first-order chi connectivity index (χ1) is 9.10. The second-order valence-corrected chi connectivity index (χ2v) is 5.70. The molecule has 0 unspecified atom stereocenters. The summed E-state index contributed by atoms with van der Waals surface area (Å²) in [5.74, 6) is 0.474. The molecule has 0 aromatic heterocycles. The van der Waals surface area contributed by atoms with Gasteiger partial charge in [-0.1, -0.05) is 29.8 Å². The van der Waals surface area contributed by atoms with Crippen molar-refractivity contribution in [1.29, 1.82) is 0 Å². The minimum Gasteiger partial charge on any atom is -0.326 e. The molecule has 0 bridgehead atoms. The first-order valence-corrected chi connectivity index (χ1v) is 7.26. The van der Waals surface area contributed by atoms with Crippen molar-refractivity contribution < 1.29 is 4.39 Å². The summed E-state index contributed by atoms with van der Waals surface area (Å²) in [5.41, 5.74) is 9.51. The molecule has 2 aromatic rings. The largest absolute Gasteiger partial charge is 0.326 e. The van der Waals surface area contributed by atoms with E-state index in [1.54, 1.807) is 11.8 Å². The predicted molar refractivity (Wildman–Crippen MR) is 79.8 cm³/mol. The highest BCUT2D eigenvalue weighted by atomic mass is 32.2. The summed E-state index contributed by atoms with van der Waals surface area (Å²) < 4.78 is 13.9. The number of nitrogens with two attached hydrogens (primary N) is 1. The Hall–Kier alpha value is -1.32. The SMILES string of the molecule is Cc1ccc(C)c(SCc2ccc(CN)cc2F)c1. The molecule has 0 amide bonds. The Morgan fingerprint density at radius 2 is 1.89 bits per heavy atom. The zero-order valence-electron chi connectivity index (χ0n) is 11.2. The Morgan fingerprint density at radius 3 is 2.58 bits per heavy atom. The summed E-state index contributed by atoms with van der Waals surface area (Å²) in [4.78, 5) is 1.21.